The number of methoxy groups -OCH3 is 2. The van der Waals surface area contributed by atoms with Gasteiger partial charge in [0.25, 0.3) is 0 Å². The van der Waals surface area contributed by atoms with E-state index in [0.29, 0.717) is 24.3 Å². The van der Waals surface area contributed by atoms with Gasteiger partial charge in [0.05, 0.1) is 45.1 Å². The first kappa shape index (κ1) is 24.1. The second kappa shape index (κ2) is 9.27. The number of aliphatic hydroxyl groups is 1. The fourth-order valence-electron chi connectivity index (χ4n) is 5.98. The van der Waals surface area contributed by atoms with Gasteiger partial charge >= 0.3 is 5.97 Å². The number of rotatable bonds is 5. The SMILES string of the molecule is COc1cc([C@@H]2c3cc4c(cc3[C@@H](O[C@@H]3CC[C@@H](O)[C@H](C)O3)[C@H]3COC(=O)[C@H]23)OCO4)cc(OC)c1O. The lowest BCUT2D eigenvalue weighted by atomic mass is 9.66. The number of ether oxygens (including phenoxy) is 7. The summed E-state index contributed by atoms with van der Waals surface area (Å²) in [5, 5.41) is 20.6. The molecule has 0 spiro atoms. The summed E-state index contributed by atoms with van der Waals surface area (Å²) in [7, 11) is 2.92. The molecule has 2 fully saturated rings. The first-order chi connectivity index (χ1) is 17.9. The number of hydrogen-bond donors (Lipinski definition) is 2. The van der Waals surface area contributed by atoms with Crippen LogP contribution in [0.1, 0.15) is 48.5 Å². The molecule has 0 unspecified atom stereocenters. The van der Waals surface area contributed by atoms with Gasteiger partial charge in [-0.1, -0.05) is 0 Å². The van der Waals surface area contributed by atoms with Crippen molar-refractivity contribution in [2.45, 2.75) is 50.3 Å². The summed E-state index contributed by atoms with van der Waals surface area (Å²) in [5.74, 6) is -0.104. The largest absolute Gasteiger partial charge is 0.502 e. The first-order valence-electron chi connectivity index (χ1n) is 12.4. The number of fused-ring (bicyclic) bond motifs is 3. The molecule has 0 saturated carbocycles. The van der Waals surface area contributed by atoms with Gasteiger partial charge in [-0.25, -0.2) is 0 Å². The molecule has 2 aromatic rings. The maximum absolute atomic E-state index is 13.2. The molecule has 2 aromatic carbocycles. The third-order valence-electron chi connectivity index (χ3n) is 7.89. The molecule has 6 rings (SSSR count). The third-order valence-corrected chi connectivity index (χ3v) is 7.89. The van der Waals surface area contributed by atoms with Crippen molar-refractivity contribution in [3.05, 3.63) is 41.0 Å². The highest BCUT2D eigenvalue weighted by Gasteiger charge is 2.54. The average Bonchev–Trinajstić information content (AvgIpc) is 3.51. The number of phenols is 1. The Balaban J connectivity index is 1.49. The van der Waals surface area contributed by atoms with Crippen molar-refractivity contribution in [1.82, 2.24) is 0 Å². The second-order valence-electron chi connectivity index (χ2n) is 9.88. The van der Waals surface area contributed by atoms with Crippen LogP contribution < -0.4 is 18.9 Å². The van der Waals surface area contributed by atoms with Gasteiger partial charge in [0.2, 0.25) is 12.5 Å². The van der Waals surface area contributed by atoms with Gasteiger partial charge in [0, 0.05) is 18.3 Å². The zero-order valence-corrected chi connectivity index (χ0v) is 20.8. The van der Waals surface area contributed by atoms with E-state index in [1.54, 1.807) is 12.1 Å². The molecule has 1 aliphatic carbocycles. The van der Waals surface area contributed by atoms with Crippen LogP contribution in [-0.2, 0) is 19.0 Å². The molecule has 37 heavy (non-hydrogen) atoms. The van der Waals surface area contributed by atoms with Crippen molar-refractivity contribution in [1.29, 1.82) is 0 Å². The number of aromatic hydroxyl groups is 1. The first-order valence-corrected chi connectivity index (χ1v) is 12.4. The van der Waals surface area contributed by atoms with Crippen molar-refractivity contribution in [2.24, 2.45) is 11.8 Å². The Morgan fingerprint density at radius 1 is 0.946 bits per heavy atom. The lowest BCUT2D eigenvalue weighted by Gasteiger charge is -2.41. The molecule has 4 aliphatic rings. The normalized spacial score (nSPS) is 31.9. The van der Waals surface area contributed by atoms with Crippen LogP contribution in [0, 0.1) is 11.8 Å². The number of hydrogen-bond acceptors (Lipinski definition) is 10. The van der Waals surface area contributed by atoms with Crippen LogP contribution in [0.25, 0.3) is 0 Å². The van der Waals surface area contributed by atoms with E-state index in [-0.39, 0.29) is 48.6 Å². The topological polar surface area (TPSA) is 122 Å². The summed E-state index contributed by atoms with van der Waals surface area (Å²) in [4.78, 5) is 13.2. The zero-order valence-electron chi connectivity index (χ0n) is 20.8. The molecule has 0 amide bonds. The van der Waals surface area contributed by atoms with E-state index in [0.717, 1.165) is 16.7 Å². The quantitative estimate of drug-likeness (QED) is 0.576. The van der Waals surface area contributed by atoms with E-state index in [4.69, 9.17) is 33.2 Å². The highest BCUT2D eigenvalue weighted by molar-refractivity contribution is 5.79. The Hall–Kier alpha value is -3.21. The number of carbonyl (C=O) groups excluding carboxylic acids is 1. The average molecular weight is 515 g/mol. The molecule has 0 radical (unpaired) electrons. The molecule has 0 bridgehead atoms. The van der Waals surface area contributed by atoms with E-state index >= 15 is 0 Å². The van der Waals surface area contributed by atoms with E-state index in [9.17, 15) is 15.0 Å². The molecule has 2 saturated heterocycles. The predicted octanol–water partition coefficient (Wildman–Crippen LogP) is 3.02. The number of benzene rings is 2. The third kappa shape index (κ3) is 3.94. The molecular weight excluding hydrogens is 484 g/mol. The van der Waals surface area contributed by atoms with Crippen LogP contribution in [0.15, 0.2) is 24.3 Å². The van der Waals surface area contributed by atoms with Crippen LogP contribution in [0.3, 0.4) is 0 Å². The maximum Gasteiger partial charge on any atom is 0.310 e. The maximum atomic E-state index is 13.2. The van der Waals surface area contributed by atoms with Gasteiger partial charge in [-0.3, -0.25) is 4.79 Å². The molecule has 10 nitrogen and oxygen atoms in total. The minimum Gasteiger partial charge on any atom is -0.502 e. The van der Waals surface area contributed by atoms with Crippen molar-refractivity contribution in [2.75, 3.05) is 27.6 Å². The van der Waals surface area contributed by atoms with Crippen LogP contribution in [0.5, 0.6) is 28.7 Å². The van der Waals surface area contributed by atoms with Crippen molar-refractivity contribution in [3.8, 4) is 28.7 Å². The molecule has 3 heterocycles. The van der Waals surface area contributed by atoms with E-state index in [2.05, 4.69) is 0 Å². The van der Waals surface area contributed by atoms with E-state index < -0.39 is 30.3 Å². The van der Waals surface area contributed by atoms with E-state index in [1.807, 2.05) is 19.1 Å². The van der Waals surface area contributed by atoms with Crippen LogP contribution in [-0.4, -0.2) is 62.3 Å². The minimum atomic E-state index is -0.566. The fourth-order valence-corrected chi connectivity index (χ4v) is 5.98. The minimum absolute atomic E-state index is 0.102. The Morgan fingerprint density at radius 2 is 1.62 bits per heavy atom. The Kier molecular flexibility index (Phi) is 6.05. The van der Waals surface area contributed by atoms with Crippen molar-refractivity contribution >= 4 is 5.97 Å². The van der Waals surface area contributed by atoms with Gasteiger partial charge in [-0.2, -0.15) is 0 Å². The number of cyclic esters (lactones) is 1. The summed E-state index contributed by atoms with van der Waals surface area (Å²) in [6, 6.07) is 7.23. The molecule has 198 valence electrons. The molecule has 7 atom stereocenters. The van der Waals surface area contributed by atoms with E-state index in [1.165, 1.54) is 14.2 Å². The Bertz CT molecular complexity index is 1190. The number of carbonyl (C=O) groups is 1. The van der Waals surface area contributed by atoms with Crippen LogP contribution in [0.4, 0.5) is 0 Å². The summed E-state index contributed by atoms with van der Waals surface area (Å²) in [5.41, 5.74) is 2.40. The zero-order chi connectivity index (χ0) is 25.8. The van der Waals surface area contributed by atoms with Gasteiger partial charge in [0.1, 0.15) is 0 Å². The summed E-state index contributed by atoms with van der Waals surface area (Å²) >= 11 is 0. The van der Waals surface area contributed by atoms with Crippen LogP contribution in [0.2, 0.25) is 0 Å². The predicted molar refractivity (Wildman–Crippen MR) is 127 cm³/mol. The van der Waals surface area contributed by atoms with Gasteiger partial charge in [0.15, 0.2) is 29.3 Å². The fraction of sp³-hybridized carbons (Fsp3) is 0.519. The lowest BCUT2D eigenvalue weighted by Crippen LogP contribution is -2.42. The standard InChI is InChI=1S/C27H30O10/c1-12-17(28)4-5-22(36-12)37-26-15-9-19-18(34-11-35-19)8-14(15)23(24-16(26)10-33-27(24)30)13-6-20(31-2)25(29)21(7-13)32-3/h6-9,12,16-17,22-24,26,28-29H,4-5,10-11H2,1-3H3/t12-,16-,17+,22+,23+,24-,26+/m0/s1. The summed E-state index contributed by atoms with van der Waals surface area (Å²) < 4.78 is 40.3. The monoisotopic (exact) mass is 514 g/mol. The lowest BCUT2D eigenvalue weighted by molar-refractivity contribution is -0.245. The van der Waals surface area contributed by atoms with Crippen LogP contribution >= 0.6 is 0 Å². The number of phenolic OH excluding ortho intramolecular Hbond substituents is 1. The molecule has 2 N–H and O–H groups in total. The Morgan fingerprint density at radius 3 is 2.27 bits per heavy atom. The smallest absolute Gasteiger partial charge is 0.310 e. The van der Waals surface area contributed by atoms with Gasteiger partial charge < -0.3 is 43.4 Å². The Labute approximate surface area is 213 Å². The molecule has 10 heteroatoms. The molecule has 0 aromatic heterocycles. The second-order valence-corrected chi connectivity index (χ2v) is 9.88. The van der Waals surface area contributed by atoms with Crippen molar-refractivity contribution < 1.29 is 48.2 Å². The highest BCUT2D eigenvalue weighted by atomic mass is 16.7. The summed E-state index contributed by atoms with van der Waals surface area (Å²) in [6.07, 6.45) is -0.856. The van der Waals surface area contributed by atoms with Gasteiger partial charge in [-0.15, -0.1) is 0 Å². The number of esters is 1. The highest BCUT2D eigenvalue weighted by Crippen LogP contribution is 2.56. The summed E-state index contributed by atoms with van der Waals surface area (Å²) in [6.45, 7) is 2.11. The molecular formula is C27H30O10. The number of aliphatic hydroxyl groups excluding tert-OH is 1. The molecule has 3 aliphatic heterocycles. The van der Waals surface area contributed by atoms with Gasteiger partial charge in [-0.05, 0) is 54.3 Å². The van der Waals surface area contributed by atoms with Crippen molar-refractivity contribution in [3.63, 3.8) is 0 Å².